The van der Waals surface area contributed by atoms with Crippen molar-refractivity contribution in [3.8, 4) is 0 Å². The summed E-state index contributed by atoms with van der Waals surface area (Å²) in [7, 11) is 0. The molecule has 0 spiro atoms. The fourth-order valence-electron chi connectivity index (χ4n) is 1.69. The molecule has 0 aromatic rings. The van der Waals surface area contributed by atoms with E-state index in [1.54, 1.807) is 0 Å². The average molecular weight is 231 g/mol. The average Bonchev–Trinajstić information content (AvgIpc) is 2.31. The van der Waals surface area contributed by atoms with Crippen LogP contribution in [0.1, 0.15) is 46.5 Å². The lowest BCUT2D eigenvalue weighted by Gasteiger charge is -2.20. The summed E-state index contributed by atoms with van der Waals surface area (Å²) >= 11 is 0. The second-order valence-corrected chi connectivity index (χ2v) is 4.50. The highest BCUT2D eigenvalue weighted by atomic mass is 16.5. The van der Waals surface area contributed by atoms with E-state index in [4.69, 9.17) is 9.84 Å². The van der Waals surface area contributed by atoms with E-state index in [0.717, 1.165) is 25.5 Å². The van der Waals surface area contributed by atoms with Crippen LogP contribution >= 0.6 is 0 Å². The molecule has 16 heavy (non-hydrogen) atoms. The standard InChI is InChI=1S/C13H29NO2/c1-4-12(3)11-13(5-2)14-7-6-9-16-10-8-15/h12-15H,4-11H2,1-3H3. The Morgan fingerprint density at radius 3 is 2.50 bits per heavy atom. The van der Waals surface area contributed by atoms with Crippen molar-refractivity contribution < 1.29 is 9.84 Å². The zero-order valence-electron chi connectivity index (χ0n) is 11.2. The van der Waals surface area contributed by atoms with E-state index >= 15 is 0 Å². The van der Waals surface area contributed by atoms with Crippen LogP contribution in [-0.2, 0) is 4.74 Å². The van der Waals surface area contributed by atoms with Crippen LogP contribution in [0, 0.1) is 5.92 Å². The van der Waals surface area contributed by atoms with E-state index in [2.05, 4.69) is 26.1 Å². The highest BCUT2D eigenvalue weighted by molar-refractivity contribution is 4.67. The summed E-state index contributed by atoms with van der Waals surface area (Å²) in [5, 5.41) is 12.1. The van der Waals surface area contributed by atoms with Gasteiger partial charge in [0, 0.05) is 12.6 Å². The molecule has 0 radical (unpaired) electrons. The molecular weight excluding hydrogens is 202 g/mol. The molecule has 0 fully saturated rings. The first-order valence-corrected chi connectivity index (χ1v) is 6.66. The maximum Gasteiger partial charge on any atom is 0.0697 e. The minimum absolute atomic E-state index is 0.124. The van der Waals surface area contributed by atoms with Gasteiger partial charge in [-0.25, -0.2) is 0 Å². The first-order valence-electron chi connectivity index (χ1n) is 6.66. The van der Waals surface area contributed by atoms with Gasteiger partial charge in [0.05, 0.1) is 13.2 Å². The largest absolute Gasteiger partial charge is 0.394 e. The molecule has 0 saturated heterocycles. The molecule has 0 rings (SSSR count). The lowest BCUT2D eigenvalue weighted by molar-refractivity contribution is 0.0902. The summed E-state index contributed by atoms with van der Waals surface area (Å²) < 4.78 is 5.21. The number of hydrogen-bond donors (Lipinski definition) is 2. The zero-order valence-corrected chi connectivity index (χ0v) is 11.2. The number of nitrogens with one attached hydrogen (secondary N) is 1. The molecule has 2 atom stereocenters. The fraction of sp³-hybridized carbons (Fsp3) is 1.00. The van der Waals surface area contributed by atoms with Gasteiger partial charge in [-0.3, -0.25) is 0 Å². The molecule has 0 heterocycles. The first-order chi connectivity index (χ1) is 7.74. The van der Waals surface area contributed by atoms with Crippen molar-refractivity contribution in [1.29, 1.82) is 0 Å². The molecule has 0 aliphatic rings. The molecule has 3 heteroatoms. The van der Waals surface area contributed by atoms with Crippen molar-refractivity contribution in [2.75, 3.05) is 26.4 Å². The predicted octanol–water partition coefficient (Wildman–Crippen LogP) is 2.19. The molecule has 0 aliphatic heterocycles. The summed E-state index contributed by atoms with van der Waals surface area (Å²) in [6.07, 6.45) is 4.75. The van der Waals surface area contributed by atoms with Gasteiger partial charge in [-0.2, -0.15) is 0 Å². The van der Waals surface area contributed by atoms with Crippen LogP contribution in [-0.4, -0.2) is 37.5 Å². The van der Waals surface area contributed by atoms with Crippen LogP contribution in [0.4, 0.5) is 0 Å². The van der Waals surface area contributed by atoms with Crippen molar-refractivity contribution in [2.45, 2.75) is 52.5 Å². The third-order valence-electron chi connectivity index (χ3n) is 3.01. The van der Waals surface area contributed by atoms with Gasteiger partial charge >= 0.3 is 0 Å². The Balaban J connectivity index is 3.40. The van der Waals surface area contributed by atoms with Gasteiger partial charge in [0.1, 0.15) is 0 Å². The molecule has 0 aromatic carbocycles. The predicted molar refractivity (Wildman–Crippen MR) is 68.7 cm³/mol. The van der Waals surface area contributed by atoms with E-state index in [-0.39, 0.29) is 6.61 Å². The molecule has 0 saturated carbocycles. The molecule has 98 valence electrons. The minimum Gasteiger partial charge on any atom is -0.394 e. The molecule has 0 amide bonds. The summed E-state index contributed by atoms with van der Waals surface area (Å²) in [6.45, 7) is 9.15. The summed E-state index contributed by atoms with van der Waals surface area (Å²) in [5.74, 6) is 0.808. The highest BCUT2D eigenvalue weighted by Gasteiger charge is 2.08. The Morgan fingerprint density at radius 2 is 1.94 bits per heavy atom. The van der Waals surface area contributed by atoms with E-state index in [9.17, 15) is 0 Å². The maximum atomic E-state index is 8.53. The van der Waals surface area contributed by atoms with Crippen molar-refractivity contribution in [3.05, 3.63) is 0 Å². The summed E-state index contributed by atoms with van der Waals surface area (Å²) in [6, 6.07) is 0.646. The highest BCUT2D eigenvalue weighted by Crippen LogP contribution is 2.11. The number of rotatable bonds is 11. The molecular formula is C13H29NO2. The van der Waals surface area contributed by atoms with Crippen molar-refractivity contribution >= 4 is 0 Å². The molecule has 2 unspecified atom stereocenters. The minimum atomic E-state index is 0.124. The molecule has 0 aliphatic carbocycles. The van der Waals surface area contributed by atoms with Gasteiger partial charge < -0.3 is 15.2 Å². The molecule has 2 N–H and O–H groups in total. The number of aliphatic hydroxyl groups excluding tert-OH is 1. The quantitative estimate of drug-likeness (QED) is 0.536. The monoisotopic (exact) mass is 231 g/mol. The lowest BCUT2D eigenvalue weighted by Crippen LogP contribution is -2.31. The number of hydrogen-bond acceptors (Lipinski definition) is 3. The Bertz CT molecular complexity index is 142. The Hall–Kier alpha value is -0.120. The third-order valence-corrected chi connectivity index (χ3v) is 3.01. The third kappa shape index (κ3) is 9.13. The van der Waals surface area contributed by atoms with Gasteiger partial charge in [0.2, 0.25) is 0 Å². The van der Waals surface area contributed by atoms with Crippen molar-refractivity contribution in [1.82, 2.24) is 5.32 Å². The Labute approximate surface area is 101 Å². The Kier molecular flexibility index (Phi) is 11.3. The lowest BCUT2D eigenvalue weighted by atomic mass is 9.98. The van der Waals surface area contributed by atoms with Gasteiger partial charge in [-0.1, -0.05) is 27.2 Å². The van der Waals surface area contributed by atoms with Crippen molar-refractivity contribution in [3.63, 3.8) is 0 Å². The second-order valence-electron chi connectivity index (χ2n) is 4.50. The second kappa shape index (κ2) is 11.4. The Morgan fingerprint density at radius 1 is 1.19 bits per heavy atom. The van der Waals surface area contributed by atoms with Crippen LogP contribution in [0.15, 0.2) is 0 Å². The van der Waals surface area contributed by atoms with Crippen LogP contribution in [0.25, 0.3) is 0 Å². The van der Waals surface area contributed by atoms with E-state index in [0.29, 0.717) is 12.6 Å². The smallest absolute Gasteiger partial charge is 0.0697 e. The first kappa shape index (κ1) is 15.9. The molecule has 0 aromatic heterocycles. The summed E-state index contributed by atoms with van der Waals surface area (Å²) in [4.78, 5) is 0. The van der Waals surface area contributed by atoms with E-state index < -0.39 is 0 Å². The topological polar surface area (TPSA) is 41.5 Å². The van der Waals surface area contributed by atoms with Gasteiger partial charge in [-0.15, -0.1) is 0 Å². The molecule has 0 bridgehead atoms. The van der Waals surface area contributed by atoms with Gasteiger partial charge in [-0.05, 0) is 31.7 Å². The SMILES string of the molecule is CCC(C)CC(CC)NCCCOCCO. The van der Waals surface area contributed by atoms with Crippen LogP contribution < -0.4 is 5.32 Å². The number of aliphatic hydroxyl groups is 1. The van der Waals surface area contributed by atoms with Gasteiger partial charge in [0.15, 0.2) is 0 Å². The fourth-order valence-corrected chi connectivity index (χ4v) is 1.69. The van der Waals surface area contributed by atoms with Crippen LogP contribution in [0.3, 0.4) is 0 Å². The van der Waals surface area contributed by atoms with E-state index in [1.165, 1.54) is 19.3 Å². The summed E-state index contributed by atoms with van der Waals surface area (Å²) in [5.41, 5.74) is 0. The normalized spacial score (nSPS) is 15.0. The van der Waals surface area contributed by atoms with E-state index in [1.807, 2.05) is 0 Å². The van der Waals surface area contributed by atoms with Crippen LogP contribution in [0.2, 0.25) is 0 Å². The van der Waals surface area contributed by atoms with Crippen molar-refractivity contribution in [2.24, 2.45) is 5.92 Å². The maximum absolute atomic E-state index is 8.53. The molecule has 3 nitrogen and oxygen atoms in total. The van der Waals surface area contributed by atoms with Gasteiger partial charge in [0.25, 0.3) is 0 Å². The number of ether oxygens (including phenoxy) is 1. The zero-order chi connectivity index (χ0) is 12.2. The van der Waals surface area contributed by atoms with Crippen LogP contribution in [0.5, 0.6) is 0 Å².